The number of aliphatic carboxylic acids is 1. The Morgan fingerprint density at radius 1 is 0.780 bits per heavy atom. The first-order chi connectivity index (χ1) is 19.5. The number of nitrogens with zero attached hydrogens (tertiary/aromatic N) is 1. The van der Waals surface area contributed by atoms with Crippen LogP contribution in [-0.2, 0) is 11.2 Å². The Balaban J connectivity index is 0.00000462. The zero-order chi connectivity index (χ0) is 28.2. The van der Waals surface area contributed by atoms with E-state index in [0.29, 0.717) is 5.75 Å². The maximum atomic E-state index is 11.7. The molecule has 0 amide bonds. The fraction of sp³-hybridized carbons (Fsp3) is 0.343. The maximum Gasteiger partial charge on any atom is 1.00 e. The van der Waals surface area contributed by atoms with Crippen LogP contribution in [0.25, 0.3) is 16.9 Å². The second-order valence-electron chi connectivity index (χ2n) is 10.3. The predicted octanol–water partition coefficient (Wildman–Crippen LogP) is 4.33. The van der Waals surface area contributed by atoms with Gasteiger partial charge in [0.25, 0.3) is 0 Å². The van der Waals surface area contributed by atoms with Crippen molar-refractivity contribution < 1.29 is 48.9 Å². The summed E-state index contributed by atoms with van der Waals surface area (Å²) in [5.74, 6) is 0.152. The van der Waals surface area contributed by atoms with Gasteiger partial charge in [-0.25, -0.2) is 0 Å². The van der Waals surface area contributed by atoms with Crippen LogP contribution in [0.5, 0.6) is 11.5 Å². The van der Waals surface area contributed by atoms with Gasteiger partial charge in [-0.2, -0.15) is 0 Å². The minimum Gasteiger partial charge on any atom is -0.546 e. The van der Waals surface area contributed by atoms with Gasteiger partial charge in [0.05, 0.1) is 18.3 Å². The van der Waals surface area contributed by atoms with E-state index < -0.39 is 12.1 Å². The molecule has 210 valence electrons. The fourth-order valence-corrected chi connectivity index (χ4v) is 4.92. The number of ether oxygens (including phenoxy) is 2. The standard InChI is InChI=1S/C35H41NO4.Na/c1-3-4-5-6-7-8-12-25-39-31-22-18-30(19-23-31)36-27(2)15-24-33(36)29-16-20-32(21-17-29)40-34(35(37)38)26-28-13-10-9-11-14-28;/h9-11,13-24,34H,3-8,12,25-26H2,1-2H3,(H,37,38);/q;+1/p-1/t34-;/m1./s1. The van der Waals surface area contributed by atoms with Crippen LogP contribution in [0.2, 0.25) is 0 Å². The molecular formula is C35H40NNaO4. The van der Waals surface area contributed by atoms with E-state index >= 15 is 0 Å². The van der Waals surface area contributed by atoms with Crippen molar-refractivity contribution in [1.82, 2.24) is 4.57 Å². The number of rotatable bonds is 16. The number of carbonyl (C=O) groups is 1. The Kier molecular flexibility index (Phi) is 13.5. The Labute approximate surface area is 266 Å². The average Bonchev–Trinajstić information content (AvgIpc) is 3.36. The van der Waals surface area contributed by atoms with Crippen molar-refractivity contribution in [2.75, 3.05) is 6.61 Å². The molecule has 41 heavy (non-hydrogen) atoms. The minimum absolute atomic E-state index is 0. The third-order valence-corrected chi connectivity index (χ3v) is 7.14. The van der Waals surface area contributed by atoms with Gasteiger partial charge >= 0.3 is 29.6 Å². The average molecular weight is 562 g/mol. The number of hydrogen-bond acceptors (Lipinski definition) is 4. The SMILES string of the molecule is CCCCCCCCCOc1ccc(-n2c(C)ccc2-c2ccc(O[C@H](Cc3ccccc3)C(=O)[O-])cc2)cc1.[Na+]. The largest absolute Gasteiger partial charge is 1.00 e. The van der Waals surface area contributed by atoms with E-state index in [9.17, 15) is 9.90 Å². The summed E-state index contributed by atoms with van der Waals surface area (Å²) in [4.78, 5) is 11.7. The van der Waals surface area contributed by atoms with Crippen molar-refractivity contribution in [2.45, 2.75) is 71.3 Å². The van der Waals surface area contributed by atoms with Crippen LogP contribution in [0.3, 0.4) is 0 Å². The molecule has 0 bridgehead atoms. The molecular weight excluding hydrogens is 521 g/mol. The first kappa shape index (κ1) is 32.5. The summed E-state index contributed by atoms with van der Waals surface area (Å²) in [5.41, 5.74) is 5.11. The number of aryl methyl sites for hydroxylation is 1. The van der Waals surface area contributed by atoms with Crippen LogP contribution < -0.4 is 44.1 Å². The Bertz CT molecular complexity index is 1320. The van der Waals surface area contributed by atoms with E-state index in [1.807, 2.05) is 66.7 Å². The molecule has 4 rings (SSSR count). The number of hydrogen-bond donors (Lipinski definition) is 0. The topological polar surface area (TPSA) is 63.5 Å². The third-order valence-electron chi connectivity index (χ3n) is 7.14. The van der Waals surface area contributed by atoms with Crippen LogP contribution in [0, 0.1) is 6.92 Å². The van der Waals surface area contributed by atoms with Crippen LogP contribution in [0.4, 0.5) is 0 Å². The van der Waals surface area contributed by atoms with E-state index in [1.54, 1.807) is 0 Å². The van der Waals surface area contributed by atoms with Crippen molar-refractivity contribution in [2.24, 2.45) is 0 Å². The van der Waals surface area contributed by atoms with Gasteiger partial charge in [-0.3, -0.25) is 0 Å². The van der Waals surface area contributed by atoms with Gasteiger partial charge in [0.1, 0.15) is 17.6 Å². The van der Waals surface area contributed by atoms with Crippen molar-refractivity contribution in [3.8, 4) is 28.4 Å². The molecule has 4 aromatic rings. The molecule has 0 aliphatic rings. The van der Waals surface area contributed by atoms with Crippen molar-refractivity contribution in [3.05, 3.63) is 102 Å². The van der Waals surface area contributed by atoms with Crippen LogP contribution in [-0.4, -0.2) is 23.2 Å². The van der Waals surface area contributed by atoms with Crippen LogP contribution in [0.1, 0.15) is 63.1 Å². The zero-order valence-electron chi connectivity index (χ0n) is 24.7. The zero-order valence-corrected chi connectivity index (χ0v) is 26.7. The first-order valence-electron chi connectivity index (χ1n) is 14.5. The molecule has 3 aromatic carbocycles. The van der Waals surface area contributed by atoms with Gasteiger partial charge in [0, 0.05) is 17.8 Å². The summed E-state index contributed by atoms with van der Waals surface area (Å²) in [6.07, 6.45) is 8.06. The number of carboxylic acid groups (broad SMARTS) is 1. The fourth-order valence-electron chi connectivity index (χ4n) is 4.92. The smallest absolute Gasteiger partial charge is 0.546 e. The summed E-state index contributed by atoms with van der Waals surface area (Å²) in [6.45, 7) is 5.08. The molecule has 0 unspecified atom stereocenters. The second-order valence-corrected chi connectivity index (χ2v) is 10.3. The van der Waals surface area contributed by atoms with Gasteiger partial charge in [0.15, 0.2) is 0 Å². The molecule has 1 atom stereocenters. The monoisotopic (exact) mass is 561 g/mol. The van der Waals surface area contributed by atoms with E-state index in [0.717, 1.165) is 47.0 Å². The molecule has 1 aromatic heterocycles. The Morgan fingerprint density at radius 3 is 2.07 bits per heavy atom. The number of unbranched alkanes of at least 4 members (excludes halogenated alkanes) is 6. The van der Waals surface area contributed by atoms with Crippen molar-refractivity contribution >= 4 is 5.97 Å². The molecule has 0 spiro atoms. The predicted molar refractivity (Wildman–Crippen MR) is 159 cm³/mol. The summed E-state index contributed by atoms with van der Waals surface area (Å²) in [5, 5.41) is 11.7. The number of benzene rings is 3. The van der Waals surface area contributed by atoms with Gasteiger partial charge < -0.3 is 23.9 Å². The number of carboxylic acids is 1. The maximum absolute atomic E-state index is 11.7. The van der Waals surface area contributed by atoms with E-state index in [1.165, 1.54) is 38.5 Å². The molecule has 0 aliphatic carbocycles. The number of aromatic nitrogens is 1. The quantitative estimate of drug-likeness (QED) is 0.151. The third kappa shape index (κ3) is 9.81. The molecule has 5 nitrogen and oxygen atoms in total. The minimum atomic E-state index is -1.23. The van der Waals surface area contributed by atoms with Gasteiger partial charge in [-0.1, -0.05) is 75.8 Å². The molecule has 0 saturated carbocycles. The van der Waals surface area contributed by atoms with E-state index in [2.05, 4.69) is 42.7 Å². The summed E-state index contributed by atoms with van der Waals surface area (Å²) in [6, 6.07) is 29.4. The molecule has 0 N–H and O–H groups in total. The van der Waals surface area contributed by atoms with Crippen LogP contribution in [0.15, 0.2) is 91.0 Å². The van der Waals surface area contributed by atoms with E-state index in [-0.39, 0.29) is 36.0 Å². The molecule has 0 radical (unpaired) electrons. The summed E-state index contributed by atoms with van der Waals surface area (Å²) >= 11 is 0. The summed E-state index contributed by atoms with van der Waals surface area (Å²) in [7, 11) is 0. The van der Waals surface area contributed by atoms with Crippen molar-refractivity contribution in [3.63, 3.8) is 0 Å². The van der Waals surface area contributed by atoms with Gasteiger partial charge in [0.2, 0.25) is 0 Å². The Morgan fingerprint density at radius 2 is 1.41 bits per heavy atom. The van der Waals surface area contributed by atoms with E-state index in [4.69, 9.17) is 9.47 Å². The van der Waals surface area contributed by atoms with Crippen molar-refractivity contribution in [1.29, 1.82) is 0 Å². The summed E-state index contributed by atoms with van der Waals surface area (Å²) < 4.78 is 14.0. The number of carbonyl (C=O) groups excluding carboxylic acids is 1. The second kappa shape index (κ2) is 17.1. The first-order valence-corrected chi connectivity index (χ1v) is 14.5. The molecule has 0 aliphatic heterocycles. The normalized spacial score (nSPS) is 11.5. The van der Waals surface area contributed by atoms with Crippen LogP contribution >= 0.6 is 0 Å². The molecule has 1 heterocycles. The molecule has 0 fully saturated rings. The molecule has 0 saturated heterocycles. The van der Waals surface area contributed by atoms with Gasteiger partial charge in [-0.05, 0) is 85.1 Å². The van der Waals surface area contributed by atoms with Gasteiger partial charge in [-0.15, -0.1) is 0 Å². The molecule has 6 heteroatoms. The Hall–Kier alpha value is -2.99.